The predicted molar refractivity (Wildman–Crippen MR) is 90.1 cm³/mol. The Balaban J connectivity index is 2.18. The molecule has 2 nitrogen and oxygen atoms in total. The van der Waals surface area contributed by atoms with Gasteiger partial charge >= 0.3 is 0 Å². The third-order valence-electron chi connectivity index (χ3n) is 3.55. The molecule has 21 heavy (non-hydrogen) atoms. The van der Waals surface area contributed by atoms with Crippen LogP contribution in [0.1, 0.15) is 29.7 Å². The van der Waals surface area contributed by atoms with Gasteiger partial charge in [-0.3, -0.25) is 4.21 Å². The van der Waals surface area contributed by atoms with E-state index in [1.807, 2.05) is 37.3 Å². The van der Waals surface area contributed by atoms with Crippen molar-refractivity contribution in [3.8, 4) is 0 Å². The van der Waals surface area contributed by atoms with Crippen LogP contribution < -0.4 is 5.32 Å². The third kappa shape index (κ3) is 4.26. The highest BCUT2D eigenvalue weighted by atomic mass is 32.2. The van der Waals surface area contributed by atoms with Crippen LogP contribution in [0.5, 0.6) is 0 Å². The Morgan fingerprint density at radius 2 is 1.81 bits per heavy atom. The minimum absolute atomic E-state index is 0.123. The van der Waals surface area contributed by atoms with Crippen LogP contribution in [0.3, 0.4) is 0 Å². The van der Waals surface area contributed by atoms with Gasteiger partial charge in [0.25, 0.3) is 0 Å². The lowest BCUT2D eigenvalue weighted by Crippen LogP contribution is -2.26. The quantitative estimate of drug-likeness (QED) is 0.880. The highest BCUT2D eigenvalue weighted by molar-refractivity contribution is 7.85. The summed E-state index contributed by atoms with van der Waals surface area (Å²) in [5.74, 6) is 0.599. The maximum atomic E-state index is 12.7. The maximum Gasteiger partial charge on any atom is 0.0551 e. The molecule has 112 valence electrons. The van der Waals surface area contributed by atoms with Gasteiger partial charge in [0.15, 0.2) is 0 Å². The van der Waals surface area contributed by atoms with Crippen LogP contribution in [-0.2, 0) is 10.8 Å². The van der Waals surface area contributed by atoms with Gasteiger partial charge in [-0.1, -0.05) is 55.0 Å². The number of benzene rings is 2. The number of rotatable bonds is 6. The molecule has 2 unspecified atom stereocenters. The van der Waals surface area contributed by atoms with Crippen LogP contribution in [0.15, 0.2) is 53.4 Å². The molecule has 3 heteroatoms. The van der Waals surface area contributed by atoms with E-state index in [1.165, 1.54) is 11.1 Å². The van der Waals surface area contributed by atoms with Gasteiger partial charge in [0.05, 0.1) is 10.8 Å². The highest BCUT2D eigenvalue weighted by Crippen LogP contribution is 2.20. The monoisotopic (exact) mass is 301 g/mol. The Hall–Kier alpha value is -1.45. The molecule has 0 aliphatic heterocycles. The second-order valence-electron chi connectivity index (χ2n) is 5.30. The molecule has 2 aromatic carbocycles. The zero-order chi connectivity index (χ0) is 15.2. The first-order chi connectivity index (χ1) is 10.1. The molecule has 0 saturated carbocycles. The number of hydrogen-bond donors (Lipinski definition) is 1. The lowest BCUT2D eigenvalue weighted by atomic mass is 10.1. The van der Waals surface area contributed by atoms with Crippen molar-refractivity contribution in [2.45, 2.75) is 31.7 Å². The minimum atomic E-state index is -0.998. The van der Waals surface area contributed by atoms with Crippen molar-refractivity contribution >= 4 is 10.8 Å². The van der Waals surface area contributed by atoms with Crippen LogP contribution in [0.4, 0.5) is 0 Å². The molecule has 0 saturated heterocycles. The van der Waals surface area contributed by atoms with Gasteiger partial charge < -0.3 is 5.32 Å². The van der Waals surface area contributed by atoms with Crippen LogP contribution in [0.2, 0.25) is 0 Å². The molecular weight excluding hydrogens is 278 g/mol. The molecule has 1 N–H and O–H groups in total. The molecule has 0 aliphatic rings. The van der Waals surface area contributed by atoms with Gasteiger partial charge in [-0.15, -0.1) is 0 Å². The summed E-state index contributed by atoms with van der Waals surface area (Å²) in [6.45, 7) is 7.04. The maximum absolute atomic E-state index is 12.7. The fraction of sp³-hybridized carbons (Fsp3) is 0.333. The predicted octanol–water partition coefficient (Wildman–Crippen LogP) is 3.76. The number of nitrogens with one attached hydrogen (secondary N) is 1. The topological polar surface area (TPSA) is 29.1 Å². The van der Waals surface area contributed by atoms with Crippen molar-refractivity contribution in [3.05, 3.63) is 65.2 Å². The summed E-state index contributed by atoms with van der Waals surface area (Å²) in [4.78, 5) is 0.944. The van der Waals surface area contributed by atoms with Crippen LogP contribution >= 0.6 is 0 Å². The third-order valence-corrected chi connectivity index (χ3v) is 5.13. The summed E-state index contributed by atoms with van der Waals surface area (Å²) in [6, 6.07) is 16.5. The van der Waals surface area contributed by atoms with E-state index in [0.717, 1.165) is 17.0 Å². The van der Waals surface area contributed by atoms with E-state index in [9.17, 15) is 4.21 Å². The Morgan fingerprint density at radius 1 is 1.10 bits per heavy atom. The van der Waals surface area contributed by atoms with Crippen molar-refractivity contribution in [1.29, 1.82) is 0 Å². The van der Waals surface area contributed by atoms with Crippen molar-refractivity contribution in [3.63, 3.8) is 0 Å². The second-order valence-corrected chi connectivity index (χ2v) is 6.77. The van der Waals surface area contributed by atoms with Crippen LogP contribution in [0.25, 0.3) is 0 Å². The average Bonchev–Trinajstić information content (AvgIpc) is 2.47. The summed E-state index contributed by atoms with van der Waals surface area (Å²) in [7, 11) is -0.998. The van der Waals surface area contributed by atoms with Crippen molar-refractivity contribution in [2.24, 2.45) is 0 Å². The largest absolute Gasteiger partial charge is 0.309 e. The lowest BCUT2D eigenvalue weighted by molar-refractivity contribution is 0.594. The fourth-order valence-electron chi connectivity index (χ4n) is 2.50. The van der Waals surface area contributed by atoms with E-state index in [1.54, 1.807) is 0 Å². The molecule has 2 atom stereocenters. The van der Waals surface area contributed by atoms with E-state index in [0.29, 0.717) is 5.75 Å². The smallest absolute Gasteiger partial charge is 0.0551 e. The average molecular weight is 301 g/mol. The number of hydrogen-bond acceptors (Lipinski definition) is 2. The molecule has 0 aliphatic carbocycles. The molecule has 2 rings (SSSR count). The van der Waals surface area contributed by atoms with Gasteiger partial charge in [-0.2, -0.15) is 0 Å². The SMILES string of the molecule is CCNC(CS(=O)c1ccc(C)cc1C)c1ccccc1. The van der Waals surface area contributed by atoms with Gasteiger partial charge in [-0.25, -0.2) is 0 Å². The van der Waals surface area contributed by atoms with Crippen molar-refractivity contribution in [2.75, 3.05) is 12.3 Å². The second kappa shape index (κ2) is 7.53. The highest BCUT2D eigenvalue weighted by Gasteiger charge is 2.16. The standard InChI is InChI=1S/C18H23NOS/c1-4-19-17(16-8-6-5-7-9-16)13-21(20)18-11-10-14(2)12-15(18)3/h5-12,17,19H,4,13H2,1-3H3. The van der Waals surface area contributed by atoms with Crippen LogP contribution in [-0.4, -0.2) is 16.5 Å². The molecule has 0 radical (unpaired) electrons. The van der Waals surface area contributed by atoms with E-state index in [-0.39, 0.29) is 6.04 Å². The van der Waals surface area contributed by atoms with Gasteiger partial charge in [0.2, 0.25) is 0 Å². The molecule has 0 heterocycles. The van der Waals surface area contributed by atoms with Crippen LogP contribution in [0, 0.1) is 13.8 Å². The molecule has 0 amide bonds. The first kappa shape index (κ1) is 15.9. The summed E-state index contributed by atoms with van der Waals surface area (Å²) in [5, 5.41) is 3.44. The van der Waals surface area contributed by atoms with Crippen molar-refractivity contribution < 1.29 is 4.21 Å². The normalized spacial score (nSPS) is 13.9. The Bertz CT molecular complexity index is 610. The Labute approximate surface area is 130 Å². The van der Waals surface area contributed by atoms with E-state index < -0.39 is 10.8 Å². The first-order valence-corrected chi connectivity index (χ1v) is 8.67. The van der Waals surface area contributed by atoms with Gasteiger partial charge in [0.1, 0.15) is 0 Å². The molecule has 2 aromatic rings. The molecule has 0 aromatic heterocycles. The Kier molecular flexibility index (Phi) is 5.71. The van der Waals surface area contributed by atoms with Crippen molar-refractivity contribution in [1.82, 2.24) is 5.32 Å². The molecular formula is C18H23NOS. The summed E-state index contributed by atoms with van der Waals surface area (Å²) >= 11 is 0. The van der Waals surface area contributed by atoms with E-state index in [4.69, 9.17) is 0 Å². The number of aryl methyl sites for hydroxylation is 2. The summed E-state index contributed by atoms with van der Waals surface area (Å²) in [5.41, 5.74) is 3.51. The lowest BCUT2D eigenvalue weighted by Gasteiger charge is -2.18. The zero-order valence-corrected chi connectivity index (χ0v) is 13.7. The van der Waals surface area contributed by atoms with Gasteiger partial charge in [0, 0.05) is 16.7 Å². The molecule has 0 fully saturated rings. The molecule has 0 spiro atoms. The van der Waals surface area contributed by atoms with E-state index >= 15 is 0 Å². The summed E-state index contributed by atoms with van der Waals surface area (Å²) < 4.78 is 12.7. The minimum Gasteiger partial charge on any atom is -0.309 e. The fourth-order valence-corrected chi connectivity index (χ4v) is 3.93. The van der Waals surface area contributed by atoms with E-state index in [2.05, 4.69) is 37.4 Å². The summed E-state index contributed by atoms with van der Waals surface area (Å²) in [6.07, 6.45) is 0. The Morgan fingerprint density at radius 3 is 2.43 bits per heavy atom. The van der Waals surface area contributed by atoms with Gasteiger partial charge in [-0.05, 0) is 37.6 Å². The first-order valence-electron chi connectivity index (χ1n) is 7.35. The molecule has 0 bridgehead atoms. The zero-order valence-electron chi connectivity index (χ0n) is 12.9.